The Hall–Kier alpha value is -0.880. The summed E-state index contributed by atoms with van der Waals surface area (Å²) in [5.74, 6) is -2.82. The molecule has 0 fully saturated rings. The fourth-order valence-electron chi connectivity index (χ4n) is 1.01. The second kappa shape index (κ2) is 3.94. The summed E-state index contributed by atoms with van der Waals surface area (Å²) in [6, 6.07) is -1.55. The molecule has 0 heterocycles. The van der Waals surface area contributed by atoms with E-state index in [-0.39, 0.29) is 5.02 Å². The number of rotatable bonds is 1. The lowest BCUT2D eigenvalue weighted by molar-refractivity contribution is -0.150. The van der Waals surface area contributed by atoms with Crippen LogP contribution >= 0.6 is 11.6 Å². The zero-order valence-electron chi connectivity index (χ0n) is 7.08. The summed E-state index contributed by atoms with van der Waals surface area (Å²) in [5.41, 5.74) is 3.45. The topological polar surface area (TPSA) is 26.0 Å². The van der Waals surface area contributed by atoms with Gasteiger partial charge in [0, 0.05) is 10.6 Å². The highest BCUT2D eigenvalue weighted by Crippen LogP contribution is 2.34. The Labute approximate surface area is 86.6 Å². The summed E-state index contributed by atoms with van der Waals surface area (Å²) in [7, 11) is 0. The van der Waals surface area contributed by atoms with Gasteiger partial charge >= 0.3 is 6.18 Å². The van der Waals surface area contributed by atoms with E-state index in [0.717, 1.165) is 0 Å². The summed E-state index contributed by atoms with van der Waals surface area (Å²) in [6.07, 6.45) is -4.91. The second-order valence-electron chi connectivity index (χ2n) is 2.80. The predicted octanol–water partition coefficient (Wildman–Crippen LogP) is 3.18. The van der Waals surface area contributed by atoms with Crippen LogP contribution in [0.5, 0.6) is 0 Å². The molecule has 15 heavy (non-hydrogen) atoms. The van der Waals surface area contributed by atoms with E-state index in [1.165, 1.54) is 0 Å². The van der Waals surface area contributed by atoms with E-state index >= 15 is 0 Å². The normalized spacial score (nSPS) is 14.1. The molecule has 1 atom stereocenters. The van der Waals surface area contributed by atoms with Gasteiger partial charge in [0.2, 0.25) is 0 Å². The molecule has 0 aromatic heterocycles. The first-order valence-electron chi connectivity index (χ1n) is 3.70. The van der Waals surface area contributed by atoms with Gasteiger partial charge in [0.25, 0.3) is 0 Å². The van der Waals surface area contributed by atoms with Gasteiger partial charge in [-0.1, -0.05) is 11.6 Å². The lowest BCUT2D eigenvalue weighted by Gasteiger charge is -2.17. The van der Waals surface area contributed by atoms with Crippen molar-refractivity contribution >= 4 is 11.6 Å². The number of halogens is 6. The van der Waals surface area contributed by atoms with Crippen LogP contribution in [0.1, 0.15) is 11.6 Å². The van der Waals surface area contributed by atoms with Crippen LogP contribution in [0, 0.1) is 11.6 Å². The van der Waals surface area contributed by atoms with Gasteiger partial charge in [0.15, 0.2) is 0 Å². The van der Waals surface area contributed by atoms with E-state index in [2.05, 4.69) is 5.73 Å². The Morgan fingerprint density at radius 3 is 1.87 bits per heavy atom. The molecule has 7 heteroatoms. The maximum Gasteiger partial charge on any atom is 0.407 e. The van der Waals surface area contributed by atoms with Crippen molar-refractivity contribution in [3.63, 3.8) is 0 Å². The van der Waals surface area contributed by atoms with E-state index in [1.807, 2.05) is 0 Å². The Morgan fingerprint density at radius 2 is 1.53 bits per heavy atom. The second-order valence-corrected chi connectivity index (χ2v) is 3.24. The molecule has 0 radical (unpaired) electrons. The Bertz CT molecular complexity index is 353. The van der Waals surface area contributed by atoms with Crippen LogP contribution in [0.25, 0.3) is 0 Å². The van der Waals surface area contributed by atoms with Crippen molar-refractivity contribution in [1.29, 1.82) is 0 Å². The molecule has 84 valence electrons. The maximum absolute atomic E-state index is 13.0. The summed E-state index contributed by atoms with van der Waals surface area (Å²) < 4.78 is 62.3. The average molecular weight is 246 g/mol. The van der Waals surface area contributed by atoms with Crippen LogP contribution in [-0.2, 0) is 0 Å². The van der Waals surface area contributed by atoms with Gasteiger partial charge in [0.1, 0.15) is 17.7 Å². The standard InChI is InChI=1S/C8H5ClF5N/c9-3-1-4(10)6(5(11)2-3)7(15)8(12,13)14/h1-2,7H,15H2/t7-/m0/s1. The Balaban J connectivity index is 3.26. The van der Waals surface area contributed by atoms with Gasteiger partial charge in [-0.3, -0.25) is 0 Å². The van der Waals surface area contributed by atoms with E-state index in [4.69, 9.17) is 11.6 Å². The third-order valence-electron chi connectivity index (χ3n) is 1.71. The first-order chi connectivity index (χ1) is 6.73. The molecular weight excluding hydrogens is 241 g/mol. The van der Waals surface area contributed by atoms with Gasteiger partial charge in [-0.25, -0.2) is 8.78 Å². The molecule has 1 aromatic carbocycles. The van der Waals surface area contributed by atoms with E-state index in [1.54, 1.807) is 0 Å². The quantitative estimate of drug-likeness (QED) is 0.756. The van der Waals surface area contributed by atoms with Gasteiger partial charge < -0.3 is 5.73 Å². The number of nitrogens with two attached hydrogens (primary N) is 1. The molecule has 1 rings (SSSR count). The summed E-state index contributed by atoms with van der Waals surface area (Å²) >= 11 is 5.24. The molecule has 0 unspecified atom stereocenters. The van der Waals surface area contributed by atoms with Crippen molar-refractivity contribution in [2.45, 2.75) is 12.2 Å². The summed E-state index contributed by atoms with van der Waals surface area (Å²) in [6.45, 7) is 0. The zero-order valence-corrected chi connectivity index (χ0v) is 7.83. The van der Waals surface area contributed by atoms with Crippen molar-refractivity contribution in [3.05, 3.63) is 34.4 Å². The molecule has 1 nitrogen and oxygen atoms in total. The monoisotopic (exact) mass is 245 g/mol. The molecular formula is C8H5ClF5N. The van der Waals surface area contributed by atoms with Crippen LogP contribution in [0.2, 0.25) is 5.02 Å². The van der Waals surface area contributed by atoms with E-state index in [0.29, 0.717) is 12.1 Å². The van der Waals surface area contributed by atoms with E-state index in [9.17, 15) is 22.0 Å². The zero-order chi connectivity index (χ0) is 11.8. The van der Waals surface area contributed by atoms with Gasteiger partial charge in [-0.15, -0.1) is 0 Å². The summed E-state index contributed by atoms with van der Waals surface area (Å²) in [5, 5.41) is -0.330. The third kappa shape index (κ3) is 2.57. The molecule has 0 bridgehead atoms. The third-order valence-corrected chi connectivity index (χ3v) is 1.93. The first-order valence-corrected chi connectivity index (χ1v) is 4.08. The highest BCUT2D eigenvalue weighted by atomic mass is 35.5. The number of hydrogen-bond donors (Lipinski definition) is 1. The summed E-state index contributed by atoms with van der Waals surface area (Å²) in [4.78, 5) is 0. The van der Waals surface area contributed by atoms with Crippen LogP contribution in [0.3, 0.4) is 0 Å². The van der Waals surface area contributed by atoms with Crippen LogP contribution < -0.4 is 5.73 Å². The fourth-order valence-corrected chi connectivity index (χ4v) is 1.21. The Kier molecular flexibility index (Phi) is 3.20. The van der Waals surface area contributed by atoms with Crippen molar-refractivity contribution in [2.75, 3.05) is 0 Å². The first kappa shape index (κ1) is 12.2. The molecule has 0 aliphatic carbocycles. The molecule has 0 spiro atoms. The number of alkyl halides is 3. The number of benzene rings is 1. The van der Waals surface area contributed by atoms with Crippen molar-refractivity contribution < 1.29 is 22.0 Å². The lowest BCUT2D eigenvalue weighted by Crippen LogP contribution is -2.30. The van der Waals surface area contributed by atoms with Crippen molar-refractivity contribution in [2.24, 2.45) is 5.73 Å². The fraction of sp³-hybridized carbons (Fsp3) is 0.250. The molecule has 0 saturated heterocycles. The highest BCUT2D eigenvalue weighted by molar-refractivity contribution is 6.30. The largest absolute Gasteiger partial charge is 0.407 e. The average Bonchev–Trinajstić information content (AvgIpc) is 1.99. The Morgan fingerprint density at radius 1 is 1.13 bits per heavy atom. The van der Waals surface area contributed by atoms with E-state index < -0.39 is 29.4 Å². The minimum absolute atomic E-state index is 0.330. The lowest BCUT2D eigenvalue weighted by atomic mass is 10.1. The maximum atomic E-state index is 13.0. The predicted molar refractivity (Wildman–Crippen MR) is 44.4 cm³/mol. The number of hydrogen-bond acceptors (Lipinski definition) is 1. The molecule has 0 aliphatic heterocycles. The molecule has 0 amide bonds. The van der Waals surface area contributed by atoms with Crippen LogP contribution in [0.15, 0.2) is 12.1 Å². The van der Waals surface area contributed by atoms with Crippen LogP contribution in [-0.4, -0.2) is 6.18 Å². The highest BCUT2D eigenvalue weighted by Gasteiger charge is 2.41. The SMILES string of the molecule is N[C@@H](c1c(F)cc(Cl)cc1F)C(F)(F)F. The minimum atomic E-state index is -4.91. The smallest absolute Gasteiger partial charge is 0.316 e. The van der Waals surface area contributed by atoms with Gasteiger partial charge in [0.05, 0.1) is 0 Å². The minimum Gasteiger partial charge on any atom is -0.316 e. The molecule has 2 N–H and O–H groups in total. The van der Waals surface area contributed by atoms with Gasteiger partial charge in [-0.05, 0) is 12.1 Å². The van der Waals surface area contributed by atoms with Gasteiger partial charge in [-0.2, -0.15) is 13.2 Å². The molecule has 1 aromatic rings. The van der Waals surface area contributed by atoms with Crippen molar-refractivity contribution in [3.8, 4) is 0 Å². The van der Waals surface area contributed by atoms with Crippen LogP contribution in [0.4, 0.5) is 22.0 Å². The molecule has 0 aliphatic rings. The molecule has 0 saturated carbocycles. The van der Waals surface area contributed by atoms with Crippen molar-refractivity contribution in [1.82, 2.24) is 0 Å².